The lowest BCUT2D eigenvalue weighted by Gasteiger charge is -2.04. The lowest BCUT2D eigenvalue weighted by Crippen LogP contribution is -2.26. The second-order valence-corrected chi connectivity index (χ2v) is 6.30. The summed E-state index contributed by atoms with van der Waals surface area (Å²) in [5.74, 6) is 1.60. The fourth-order valence-corrected chi connectivity index (χ4v) is 2.96. The molecule has 3 heterocycles. The van der Waals surface area contributed by atoms with E-state index in [1.165, 1.54) is 12.1 Å². The van der Waals surface area contributed by atoms with Crippen molar-refractivity contribution in [2.24, 2.45) is 7.05 Å². The van der Waals surface area contributed by atoms with Gasteiger partial charge in [0.15, 0.2) is 11.5 Å². The summed E-state index contributed by atoms with van der Waals surface area (Å²) in [5.41, 5.74) is 2.38. The van der Waals surface area contributed by atoms with Crippen molar-refractivity contribution in [2.75, 3.05) is 6.54 Å². The minimum absolute atomic E-state index is 0.283. The molecule has 0 saturated carbocycles. The topological polar surface area (TPSA) is 88.7 Å². The number of benzene rings is 1. The van der Waals surface area contributed by atoms with Crippen LogP contribution >= 0.6 is 0 Å². The van der Waals surface area contributed by atoms with Crippen LogP contribution in [0.25, 0.3) is 22.5 Å². The Hall–Kier alpha value is -3.42. The van der Waals surface area contributed by atoms with Gasteiger partial charge in [-0.15, -0.1) is 0 Å². The van der Waals surface area contributed by atoms with E-state index in [1.807, 2.05) is 30.7 Å². The highest BCUT2D eigenvalue weighted by Crippen LogP contribution is 2.20. The van der Waals surface area contributed by atoms with Crippen molar-refractivity contribution in [3.05, 3.63) is 59.5 Å². The number of nitrogens with one attached hydrogen (secondary N) is 2. The first-order valence-corrected chi connectivity index (χ1v) is 8.52. The Labute approximate surface area is 154 Å². The Kier molecular flexibility index (Phi) is 4.23. The van der Waals surface area contributed by atoms with E-state index in [4.69, 9.17) is 4.42 Å². The van der Waals surface area contributed by atoms with Gasteiger partial charge < -0.3 is 14.3 Å². The van der Waals surface area contributed by atoms with Crippen molar-refractivity contribution in [2.45, 2.75) is 13.3 Å². The van der Waals surface area contributed by atoms with Gasteiger partial charge in [-0.25, -0.2) is 9.37 Å². The molecule has 0 atom stereocenters. The fraction of sp³-hybridized carbons (Fsp3) is 0.211. The van der Waals surface area contributed by atoms with Gasteiger partial charge in [-0.3, -0.25) is 9.89 Å². The highest BCUT2D eigenvalue weighted by atomic mass is 19.1. The molecule has 0 aliphatic heterocycles. The van der Waals surface area contributed by atoms with Crippen molar-refractivity contribution in [3.8, 4) is 11.5 Å². The van der Waals surface area contributed by atoms with Crippen LogP contribution in [0.15, 0.2) is 40.8 Å². The number of H-pyrrole nitrogens is 1. The largest absolute Gasteiger partial charge is 0.460 e. The minimum atomic E-state index is -0.300. The lowest BCUT2D eigenvalue weighted by molar-refractivity contribution is 0.0949. The molecule has 27 heavy (non-hydrogen) atoms. The molecule has 0 radical (unpaired) electrons. The zero-order chi connectivity index (χ0) is 19.0. The molecule has 4 rings (SSSR count). The van der Waals surface area contributed by atoms with Crippen LogP contribution in [-0.2, 0) is 13.5 Å². The van der Waals surface area contributed by atoms with E-state index in [-0.39, 0.29) is 17.4 Å². The minimum Gasteiger partial charge on any atom is -0.460 e. The predicted octanol–water partition coefficient (Wildman–Crippen LogP) is 2.98. The molecular formula is C19H18FN5O2. The molecule has 8 heteroatoms. The SMILES string of the molecule is Cc1ccc(-c2cc(C(=O)NCCc3nc4ccc(F)cc4n3C)n[nH]2)o1. The summed E-state index contributed by atoms with van der Waals surface area (Å²) in [6.07, 6.45) is 0.521. The summed E-state index contributed by atoms with van der Waals surface area (Å²) >= 11 is 0. The number of amides is 1. The van der Waals surface area contributed by atoms with Crippen molar-refractivity contribution < 1.29 is 13.6 Å². The molecule has 3 aromatic heterocycles. The number of aromatic amines is 1. The van der Waals surface area contributed by atoms with Crippen LogP contribution in [0.4, 0.5) is 4.39 Å². The summed E-state index contributed by atoms with van der Waals surface area (Å²) in [5, 5.41) is 9.65. The summed E-state index contributed by atoms with van der Waals surface area (Å²) in [6, 6.07) is 9.79. The predicted molar refractivity (Wildman–Crippen MR) is 97.7 cm³/mol. The molecule has 0 bridgehead atoms. The highest BCUT2D eigenvalue weighted by molar-refractivity contribution is 5.93. The number of rotatable bonds is 5. The molecule has 2 N–H and O–H groups in total. The first kappa shape index (κ1) is 17.0. The molecule has 0 saturated heterocycles. The Bertz CT molecular complexity index is 1120. The number of aryl methyl sites for hydroxylation is 2. The van der Waals surface area contributed by atoms with Gasteiger partial charge in [-0.1, -0.05) is 0 Å². The molecule has 1 aromatic carbocycles. The van der Waals surface area contributed by atoms with Gasteiger partial charge in [0.25, 0.3) is 5.91 Å². The van der Waals surface area contributed by atoms with Gasteiger partial charge in [0.2, 0.25) is 0 Å². The van der Waals surface area contributed by atoms with Gasteiger partial charge in [0.1, 0.15) is 23.1 Å². The third kappa shape index (κ3) is 3.33. The molecule has 0 aliphatic rings. The Balaban J connectivity index is 1.40. The standard InChI is InChI=1S/C19H18FN5O2/c1-11-3-6-17(27-11)14-10-15(24-23-14)19(26)21-8-7-18-22-13-5-4-12(20)9-16(13)25(18)2/h3-6,9-10H,7-8H2,1-2H3,(H,21,26)(H,23,24). The summed E-state index contributed by atoms with van der Waals surface area (Å²) in [4.78, 5) is 16.8. The van der Waals surface area contributed by atoms with Gasteiger partial charge in [-0.2, -0.15) is 5.10 Å². The normalized spacial score (nSPS) is 11.2. The van der Waals surface area contributed by atoms with Gasteiger partial charge in [0.05, 0.1) is 11.0 Å². The highest BCUT2D eigenvalue weighted by Gasteiger charge is 2.14. The monoisotopic (exact) mass is 367 g/mol. The second kappa shape index (κ2) is 6.71. The number of furan rings is 1. The van der Waals surface area contributed by atoms with Crippen LogP contribution in [0.5, 0.6) is 0 Å². The number of carbonyl (C=O) groups is 1. The average Bonchev–Trinajstić information content (AvgIpc) is 3.35. The molecular weight excluding hydrogens is 349 g/mol. The Morgan fingerprint density at radius 2 is 2.15 bits per heavy atom. The second-order valence-electron chi connectivity index (χ2n) is 6.30. The van der Waals surface area contributed by atoms with Crippen LogP contribution in [0, 0.1) is 12.7 Å². The summed E-state index contributed by atoms with van der Waals surface area (Å²) < 4.78 is 20.7. The van der Waals surface area contributed by atoms with Crippen molar-refractivity contribution in [1.82, 2.24) is 25.1 Å². The Morgan fingerprint density at radius 3 is 2.93 bits per heavy atom. The molecule has 4 aromatic rings. The number of hydrogen-bond donors (Lipinski definition) is 2. The van der Waals surface area contributed by atoms with E-state index in [0.29, 0.717) is 24.4 Å². The maximum atomic E-state index is 13.4. The zero-order valence-corrected chi connectivity index (χ0v) is 14.9. The van der Waals surface area contributed by atoms with Crippen LogP contribution in [0.1, 0.15) is 22.1 Å². The number of hydrogen-bond acceptors (Lipinski definition) is 4. The van der Waals surface area contributed by atoms with Crippen molar-refractivity contribution in [3.63, 3.8) is 0 Å². The maximum absolute atomic E-state index is 13.4. The van der Waals surface area contributed by atoms with Gasteiger partial charge in [0, 0.05) is 26.1 Å². The van der Waals surface area contributed by atoms with Gasteiger partial charge in [-0.05, 0) is 37.3 Å². The third-order valence-corrected chi connectivity index (χ3v) is 4.39. The smallest absolute Gasteiger partial charge is 0.271 e. The average molecular weight is 367 g/mol. The van der Waals surface area contributed by atoms with E-state index < -0.39 is 0 Å². The molecule has 0 spiro atoms. The van der Waals surface area contributed by atoms with E-state index in [1.54, 1.807) is 12.1 Å². The molecule has 7 nitrogen and oxygen atoms in total. The molecule has 138 valence electrons. The molecule has 1 amide bonds. The van der Waals surface area contributed by atoms with E-state index >= 15 is 0 Å². The van der Waals surface area contributed by atoms with Crippen molar-refractivity contribution in [1.29, 1.82) is 0 Å². The number of fused-ring (bicyclic) bond motifs is 1. The van der Waals surface area contributed by atoms with E-state index in [9.17, 15) is 9.18 Å². The number of aromatic nitrogens is 4. The van der Waals surface area contributed by atoms with Crippen LogP contribution in [0.3, 0.4) is 0 Å². The quantitative estimate of drug-likeness (QED) is 0.568. The first-order chi connectivity index (χ1) is 13.0. The first-order valence-electron chi connectivity index (χ1n) is 8.52. The van der Waals surface area contributed by atoms with Crippen LogP contribution in [-0.4, -0.2) is 32.2 Å². The van der Waals surface area contributed by atoms with E-state index in [0.717, 1.165) is 22.6 Å². The maximum Gasteiger partial charge on any atom is 0.271 e. The summed E-state index contributed by atoms with van der Waals surface area (Å²) in [6.45, 7) is 2.24. The summed E-state index contributed by atoms with van der Waals surface area (Å²) in [7, 11) is 1.83. The third-order valence-electron chi connectivity index (χ3n) is 4.39. The molecule has 0 fully saturated rings. The number of nitrogens with zero attached hydrogens (tertiary/aromatic N) is 3. The molecule has 0 unspecified atom stereocenters. The molecule has 0 aliphatic carbocycles. The lowest BCUT2D eigenvalue weighted by atomic mass is 10.3. The number of carbonyl (C=O) groups excluding carboxylic acids is 1. The number of imidazole rings is 1. The Morgan fingerprint density at radius 1 is 1.30 bits per heavy atom. The van der Waals surface area contributed by atoms with Gasteiger partial charge >= 0.3 is 0 Å². The zero-order valence-electron chi connectivity index (χ0n) is 14.9. The fourth-order valence-electron chi connectivity index (χ4n) is 2.96. The van der Waals surface area contributed by atoms with Crippen LogP contribution < -0.4 is 5.32 Å². The van der Waals surface area contributed by atoms with E-state index in [2.05, 4.69) is 20.5 Å². The number of halogens is 1. The van der Waals surface area contributed by atoms with Crippen LogP contribution in [0.2, 0.25) is 0 Å². The van der Waals surface area contributed by atoms with Crippen molar-refractivity contribution >= 4 is 16.9 Å².